The molecule has 3 unspecified atom stereocenters. The quantitative estimate of drug-likeness (QED) is 0.661. The molecule has 2 aromatic rings. The van der Waals surface area contributed by atoms with E-state index in [1.54, 1.807) is 0 Å². The lowest BCUT2D eigenvalue weighted by molar-refractivity contribution is -0.0416. The first kappa shape index (κ1) is 19.8. The minimum Gasteiger partial charge on any atom is -0.391 e. The molecule has 2 aromatic carbocycles. The fourth-order valence-corrected chi connectivity index (χ4v) is 4.01. The van der Waals surface area contributed by atoms with Crippen molar-refractivity contribution in [2.75, 3.05) is 6.61 Å². The van der Waals surface area contributed by atoms with Crippen LogP contribution in [0.4, 0.5) is 0 Å². The number of rotatable bonds is 9. The fourth-order valence-electron chi connectivity index (χ4n) is 4.01. The Kier molecular flexibility index (Phi) is 7.64. The smallest absolute Gasteiger partial charge is 0.0729 e. The van der Waals surface area contributed by atoms with Gasteiger partial charge in [0, 0.05) is 18.6 Å². The van der Waals surface area contributed by atoms with E-state index in [0.717, 1.165) is 25.8 Å². The van der Waals surface area contributed by atoms with Crippen molar-refractivity contribution in [2.24, 2.45) is 0 Å². The van der Waals surface area contributed by atoms with Crippen molar-refractivity contribution in [1.29, 1.82) is 0 Å². The summed E-state index contributed by atoms with van der Waals surface area (Å²) in [5.41, 5.74) is 2.48. The van der Waals surface area contributed by atoms with Crippen LogP contribution in [-0.2, 0) is 17.9 Å². The lowest BCUT2D eigenvalue weighted by atomic mass is 9.90. The molecular formula is C24H31NO2. The summed E-state index contributed by atoms with van der Waals surface area (Å²) in [6, 6.07) is 21.3. The van der Waals surface area contributed by atoms with Crippen LogP contribution in [0.25, 0.3) is 0 Å². The highest BCUT2D eigenvalue weighted by atomic mass is 16.5. The zero-order valence-corrected chi connectivity index (χ0v) is 16.0. The maximum atomic E-state index is 10.7. The van der Waals surface area contributed by atoms with E-state index < -0.39 is 0 Å². The molecule has 1 aliphatic rings. The van der Waals surface area contributed by atoms with Gasteiger partial charge in [0.15, 0.2) is 0 Å². The molecule has 1 N–H and O–H groups in total. The minimum absolute atomic E-state index is 0.155. The fraction of sp³-hybridized carbons (Fsp3) is 0.417. The molecule has 1 saturated heterocycles. The molecule has 1 heterocycles. The highest BCUT2D eigenvalue weighted by Gasteiger charge is 2.34. The minimum atomic E-state index is -0.372. The molecule has 1 fully saturated rings. The molecule has 0 aliphatic carbocycles. The van der Waals surface area contributed by atoms with Gasteiger partial charge < -0.3 is 9.84 Å². The largest absolute Gasteiger partial charge is 0.391 e. The molecule has 1 aliphatic heterocycles. The van der Waals surface area contributed by atoms with Gasteiger partial charge in [-0.05, 0) is 30.4 Å². The van der Waals surface area contributed by atoms with Gasteiger partial charge in [0.25, 0.3) is 0 Å². The predicted octanol–water partition coefficient (Wildman–Crippen LogP) is 4.56. The van der Waals surface area contributed by atoms with Crippen LogP contribution in [0.2, 0.25) is 0 Å². The lowest BCUT2D eigenvalue weighted by Gasteiger charge is -2.44. The van der Waals surface area contributed by atoms with Gasteiger partial charge >= 0.3 is 0 Å². The molecule has 144 valence electrons. The monoisotopic (exact) mass is 365 g/mol. The summed E-state index contributed by atoms with van der Waals surface area (Å²) in [4.78, 5) is 2.46. The van der Waals surface area contributed by atoms with Crippen LogP contribution in [0.15, 0.2) is 73.3 Å². The summed E-state index contributed by atoms with van der Waals surface area (Å²) in [6.07, 6.45) is 5.34. The van der Waals surface area contributed by atoms with Gasteiger partial charge in [-0.15, -0.1) is 6.58 Å². The number of nitrogens with zero attached hydrogens (tertiary/aromatic N) is 1. The molecule has 3 atom stereocenters. The Balaban J connectivity index is 1.67. The van der Waals surface area contributed by atoms with Crippen LogP contribution in [-0.4, -0.2) is 34.8 Å². The maximum Gasteiger partial charge on any atom is 0.0729 e. The second-order valence-corrected chi connectivity index (χ2v) is 7.40. The van der Waals surface area contributed by atoms with Gasteiger partial charge in [-0.2, -0.15) is 0 Å². The van der Waals surface area contributed by atoms with Crippen LogP contribution >= 0.6 is 0 Å². The van der Waals surface area contributed by atoms with Crippen molar-refractivity contribution in [3.8, 4) is 0 Å². The zero-order chi connectivity index (χ0) is 18.9. The van der Waals surface area contributed by atoms with E-state index >= 15 is 0 Å². The first-order valence-corrected chi connectivity index (χ1v) is 9.98. The Morgan fingerprint density at radius 3 is 2.37 bits per heavy atom. The topological polar surface area (TPSA) is 32.7 Å². The van der Waals surface area contributed by atoms with E-state index in [2.05, 4.69) is 47.9 Å². The third-order valence-electron chi connectivity index (χ3n) is 5.41. The van der Waals surface area contributed by atoms with Crippen molar-refractivity contribution >= 4 is 0 Å². The highest BCUT2D eigenvalue weighted by Crippen LogP contribution is 2.28. The Labute approximate surface area is 163 Å². The normalized spacial score (nSPS) is 21.7. The first-order valence-electron chi connectivity index (χ1n) is 9.98. The van der Waals surface area contributed by atoms with Gasteiger partial charge in [-0.1, -0.05) is 73.2 Å². The SMILES string of the molecule is C=CCC(O)C1CCCC(COCc2ccccc2)N1Cc1ccccc1. The van der Waals surface area contributed by atoms with E-state index in [0.29, 0.717) is 25.7 Å². The van der Waals surface area contributed by atoms with Crippen molar-refractivity contribution in [1.82, 2.24) is 4.90 Å². The molecule has 3 nitrogen and oxygen atoms in total. The van der Waals surface area contributed by atoms with Gasteiger partial charge in [0.1, 0.15) is 0 Å². The third-order valence-corrected chi connectivity index (χ3v) is 5.41. The van der Waals surface area contributed by atoms with Crippen molar-refractivity contribution in [2.45, 2.75) is 57.0 Å². The summed E-state index contributed by atoms with van der Waals surface area (Å²) >= 11 is 0. The Hall–Kier alpha value is -1.94. The molecular weight excluding hydrogens is 334 g/mol. The third kappa shape index (κ3) is 5.77. The van der Waals surface area contributed by atoms with Crippen molar-refractivity contribution in [3.63, 3.8) is 0 Å². The molecule has 0 spiro atoms. The molecule has 27 heavy (non-hydrogen) atoms. The van der Waals surface area contributed by atoms with Crippen LogP contribution in [0.1, 0.15) is 36.8 Å². The average molecular weight is 366 g/mol. The number of aliphatic hydroxyl groups is 1. The maximum absolute atomic E-state index is 10.7. The van der Waals surface area contributed by atoms with E-state index in [9.17, 15) is 5.11 Å². The molecule has 0 saturated carbocycles. The zero-order valence-electron chi connectivity index (χ0n) is 16.0. The Morgan fingerprint density at radius 1 is 1.04 bits per heavy atom. The second kappa shape index (κ2) is 10.4. The second-order valence-electron chi connectivity index (χ2n) is 7.40. The summed E-state index contributed by atoms with van der Waals surface area (Å²) in [5, 5.41) is 10.7. The first-order chi connectivity index (χ1) is 13.3. The molecule has 0 aromatic heterocycles. The van der Waals surface area contributed by atoms with E-state index in [-0.39, 0.29) is 12.1 Å². The van der Waals surface area contributed by atoms with Gasteiger partial charge in [0.05, 0.1) is 19.3 Å². The Morgan fingerprint density at radius 2 is 1.70 bits per heavy atom. The molecule has 0 bridgehead atoms. The number of ether oxygens (including phenoxy) is 1. The van der Waals surface area contributed by atoms with E-state index in [1.807, 2.05) is 30.3 Å². The van der Waals surface area contributed by atoms with Gasteiger partial charge in [-0.25, -0.2) is 0 Å². The number of hydrogen-bond acceptors (Lipinski definition) is 3. The summed E-state index contributed by atoms with van der Waals surface area (Å²) < 4.78 is 6.07. The molecule has 0 radical (unpaired) electrons. The summed E-state index contributed by atoms with van der Waals surface area (Å²) in [7, 11) is 0. The summed E-state index contributed by atoms with van der Waals surface area (Å²) in [5.74, 6) is 0. The molecule has 3 rings (SSSR count). The van der Waals surface area contributed by atoms with Gasteiger partial charge in [0.2, 0.25) is 0 Å². The Bertz CT molecular complexity index is 673. The van der Waals surface area contributed by atoms with Gasteiger partial charge in [-0.3, -0.25) is 4.90 Å². The van der Waals surface area contributed by atoms with Crippen molar-refractivity contribution in [3.05, 3.63) is 84.4 Å². The van der Waals surface area contributed by atoms with Crippen LogP contribution < -0.4 is 0 Å². The number of likely N-dealkylation sites (tertiary alicyclic amines) is 1. The van der Waals surface area contributed by atoms with Crippen LogP contribution in [0, 0.1) is 0 Å². The number of benzene rings is 2. The van der Waals surface area contributed by atoms with Crippen LogP contribution in [0.3, 0.4) is 0 Å². The highest BCUT2D eigenvalue weighted by molar-refractivity contribution is 5.15. The van der Waals surface area contributed by atoms with Crippen molar-refractivity contribution < 1.29 is 9.84 Å². The molecule has 0 amide bonds. The average Bonchev–Trinajstić information content (AvgIpc) is 2.71. The number of aliphatic hydroxyl groups excluding tert-OH is 1. The predicted molar refractivity (Wildman–Crippen MR) is 110 cm³/mol. The summed E-state index contributed by atoms with van der Waals surface area (Å²) in [6.45, 7) is 5.98. The van der Waals surface area contributed by atoms with E-state index in [4.69, 9.17) is 4.74 Å². The van der Waals surface area contributed by atoms with Crippen LogP contribution in [0.5, 0.6) is 0 Å². The van der Waals surface area contributed by atoms with E-state index in [1.165, 1.54) is 11.1 Å². The number of hydrogen-bond donors (Lipinski definition) is 1. The number of piperidine rings is 1. The lowest BCUT2D eigenvalue weighted by Crippen LogP contribution is -2.52. The standard InChI is InChI=1S/C24H31NO2/c1-2-10-24(26)23-16-9-15-22(19-27-18-21-13-7-4-8-14-21)25(23)17-20-11-5-3-6-12-20/h2-8,11-14,22-24,26H,1,9-10,15-19H2. The molecule has 3 heteroatoms.